The number of halogens is 2. The van der Waals surface area contributed by atoms with Gasteiger partial charge in [0.2, 0.25) is 0 Å². The first-order valence-electron chi connectivity index (χ1n) is 5.30. The summed E-state index contributed by atoms with van der Waals surface area (Å²) in [4.78, 5) is 0. The summed E-state index contributed by atoms with van der Waals surface area (Å²) in [5.41, 5.74) is 6.91. The molecule has 1 aromatic rings. The highest BCUT2D eigenvalue weighted by molar-refractivity contribution is 6.31. The van der Waals surface area contributed by atoms with Gasteiger partial charge in [0.1, 0.15) is 0 Å². The Bertz CT molecular complexity index is 416. The molecule has 0 saturated heterocycles. The predicted molar refractivity (Wildman–Crippen MR) is 62.5 cm³/mol. The van der Waals surface area contributed by atoms with E-state index in [1.54, 1.807) is 12.1 Å². The third kappa shape index (κ3) is 1.68. The summed E-state index contributed by atoms with van der Waals surface area (Å²) in [7, 11) is 1.43. The van der Waals surface area contributed by atoms with Crippen LogP contribution in [0.4, 0.5) is 4.39 Å². The van der Waals surface area contributed by atoms with Crippen molar-refractivity contribution >= 4 is 11.6 Å². The van der Waals surface area contributed by atoms with Crippen LogP contribution in [0.15, 0.2) is 12.1 Å². The fourth-order valence-corrected chi connectivity index (χ4v) is 2.35. The quantitative estimate of drug-likeness (QED) is 0.886. The second-order valence-corrected chi connectivity index (χ2v) is 4.83. The van der Waals surface area contributed by atoms with Crippen LogP contribution in [0.1, 0.15) is 25.3 Å². The molecule has 88 valence electrons. The molecule has 2 N–H and O–H groups in total. The lowest BCUT2D eigenvalue weighted by Crippen LogP contribution is -2.31. The molecule has 1 aliphatic rings. The van der Waals surface area contributed by atoms with Crippen LogP contribution in [0, 0.1) is 5.82 Å². The van der Waals surface area contributed by atoms with Crippen molar-refractivity contribution in [2.75, 3.05) is 7.11 Å². The topological polar surface area (TPSA) is 35.2 Å². The van der Waals surface area contributed by atoms with E-state index < -0.39 is 5.82 Å². The summed E-state index contributed by atoms with van der Waals surface area (Å²) < 4.78 is 18.5. The Labute approximate surface area is 99.5 Å². The summed E-state index contributed by atoms with van der Waals surface area (Å²) in [6.45, 7) is 1.97. The van der Waals surface area contributed by atoms with Gasteiger partial charge in [-0.15, -0.1) is 0 Å². The Morgan fingerprint density at radius 2 is 2.12 bits per heavy atom. The molecule has 1 saturated carbocycles. The van der Waals surface area contributed by atoms with E-state index in [0.29, 0.717) is 0 Å². The van der Waals surface area contributed by atoms with Gasteiger partial charge in [-0.1, -0.05) is 11.6 Å². The smallest absolute Gasteiger partial charge is 0.183 e. The number of nitrogens with two attached hydrogens (primary N) is 1. The SMILES string of the molecule is COc1cc(C2(C(C)N)CC2)cc(Cl)c1F. The van der Waals surface area contributed by atoms with Gasteiger partial charge in [-0.05, 0) is 37.5 Å². The normalized spacial score (nSPS) is 19.3. The molecule has 0 heterocycles. The Morgan fingerprint density at radius 3 is 2.56 bits per heavy atom. The highest BCUT2D eigenvalue weighted by atomic mass is 35.5. The molecule has 2 rings (SSSR count). The first-order chi connectivity index (χ1) is 7.51. The number of rotatable bonds is 3. The van der Waals surface area contributed by atoms with Crippen molar-refractivity contribution in [2.24, 2.45) is 5.73 Å². The molecular formula is C12H15ClFNO. The molecule has 0 radical (unpaired) electrons. The first-order valence-corrected chi connectivity index (χ1v) is 5.68. The maximum absolute atomic E-state index is 13.5. The van der Waals surface area contributed by atoms with Gasteiger partial charge in [0, 0.05) is 11.5 Å². The lowest BCUT2D eigenvalue weighted by Gasteiger charge is -2.21. The van der Waals surface area contributed by atoms with Crippen LogP contribution in [-0.2, 0) is 5.41 Å². The van der Waals surface area contributed by atoms with E-state index in [4.69, 9.17) is 22.1 Å². The minimum absolute atomic E-state index is 0.0371. The van der Waals surface area contributed by atoms with Crippen molar-refractivity contribution in [3.05, 3.63) is 28.5 Å². The summed E-state index contributed by atoms with van der Waals surface area (Å²) in [5.74, 6) is -0.317. The molecule has 0 bridgehead atoms. The van der Waals surface area contributed by atoms with E-state index >= 15 is 0 Å². The summed E-state index contributed by atoms with van der Waals surface area (Å²) in [6, 6.07) is 3.41. The van der Waals surface area contributed by atoms with E-state index in [1.165, 1.54) is 7.11 Å². The minimum Gasteiger partial charge on any atom is -0.494 e. The Morgan fingerprint density at radius 1 is 1.50 bits per heavy atom. The van der Waals surface area contributed by atoms with Crippen LogP contribution in [-0.4, -0.2) is 13.2 Å². The molecule has 4 heteroatoms. The van der Waals surface area contributed by atoms with Crippen LogP contribution in [0.2, 0.25) is 5.02 Å². The van der Waals surface area contributed by atoms with Crippen molar-refractivity contribution in [3.8, 4) is 5.75 Å². The van der Waals surface area contributed by atoms with Gasteiger partial charge in [-0.3, -0.25) is 0 Å². The molecule has 16 heavy (non-hydrogen) atoms. The number of hydrogen-bond donors (Lipinski definition) is 1. The largest absolute Gasteiger partial charge is 0.494 e. The van der Waals surface area contributed by atoms with Crippen LogP contribution in [0.5, 0.6) is 5.75 Å². The zero-order valence-electron chi connectivity index (χ0n) is 9.39. The van der Waals surface area contributed by atoms with E-state index in [0.717, 1.165) is 18.4 Å². The zero-order valence-corrected chi connectivity index (χ0v) is 10.1. The molecule has 0 aromatic heterocycles. The molecule has 1 unspecified atom stereocenters. The maximum Gasteiger partial charge on any atom is 0.183 e. The van der Waals surface area contributed by atoms with Crippen molar-refractivity contribution in [3.63, 3.8) is 0 Å². The second-order valence-electron chi connectivity index (χ2n) is 4.42. The van der Waals surface area contributed by atoms with Gasteiger partial charge in [0.15, 0.2) is 11.6 Å². The molecule has 1 aliphatic carbocycles. The number of methoxy groups -OCH3 is 1. The highest BCUT2D eigenvalue weighted by Crippen LogP contribution is 2.51. The first kappa shape index (κ1) is 11.7. The van der Waals surface area contributed by atoms with Gasteiger partial charge < -0.3 is 10.5 Å². The lowest BCUT2D eigenvalue weighted by atomic mass is 9.89. The van der Waals surface area contributed by atoms with Crippen molar-refractivity contribution in [1.29, 1.82) is 0 Å². The maximum atomic E-state index is 13.5. The Balaban J connectivity index is 2.47. The molecule has 0 aliphatic heterocycles. The molecular weight excluding hydrogens is 229 g/mol. The molecule has 0 amide bonds. The molecule has 2 nitrogen and oxygen atoms in total. The third-order valence-electron chi connectivity index (χ3n) is 3.45. The van der Waals surface area contributed by atoms with Crippen molar-refractivity contribution < 1.29 is 9.13 Å². The van der Waals surface area contributed by atoms with Gasteiger partial charge in [-0.25, -0.2) is 4.39 Å². The van der Waals surface area contributed by atoms with E-state index in [1.807, 2.05) is 6.92 Å². The Hall–Kier alpha value is -0.800. The monoisotopic (exact) mass is 243 g/mol. The fourth-order valence-electron chi connectivity index (χ4n) is 2.14. The van der Waals surface area contributed by atoms with Gasteiger partial charge >= 0.3 is 0 Å². The summed E-state index contributed by atoms with van der Waals surface area (Å²) in [5, 5.41) is 0.0984. The molecule has 1 aromatic carbocycles. The fraction of sp³-hybridized carbons (Fsp3) is 0.500. The number of hydrogen-bond acceptors (Lipinski definition) is 2. The van der Waals surface area contributed by atoms with Gasteiger partial charge in [0.25, 0.3) is 0 Å². The predicted octanol–water partition coefficient (Wildman–Crippen LogP) is 2.87. The average molecular weight is 244 g/mol. The van der Waals surface area contributed by atoms with Crippen molar-refractivity contribution in [1.82, 2.24) is 0 Å². The standard InChI is InChI=1S/C12H15ClFNO/c1-7(15)12(3-4-12)8-5-9(13)11(14)10(6-8)16-2/h5-7H,3-4,15H2,1-2H3. The number of ether oxygens (including phenoxy) is 1. The summed E-state index contributed by atoms with van der Waals surface area (Å²) in [6.07, 6.45) is 2.05. The molecule has 1 fully saturated rings. The van der Waals surface area contributed by atoms with Crippen LogP contribution in [0.3, 0.4) is 0 Å². The third-order valence-corrected chi connectivity index (χ3v) is 3.72. The summed E-state index contributed by atoms with van der Waals surface area (Å²) >= 11 is 5.84. The van der Waals surface area contributed by atoms with Crippen LogP contribution in [0.25, 0.3) is 0 Å². The van der Waals surface area contributed by atoms with E-state index in [-0.39, 0.29) is 22.2 Å². The Kier molecular flexibility index (Phi) is 2.84. The lowest BCUT2D eigenvalue weighted by molar-refractivity contribution is 0.384. The average Bonchev–Trinajstić information content (AvgIpc) is 3.02. The minimum atomic E-state index is -0.506. The number of benzene rings is 1. The van der Waals surface area contributed by atoms with Crippen LogP contribution < -0.4 is 10.5 Å². The highest BCUT2D eigenvalue weighted by Gasteiger charge is 2.47. The van der Waals surface area contributed by atoms with E-state index in [2.05, 4.69) is 0 Å². The zero-order chi connectivity index (χ0) is 11.9. The second kappa shape index (κ2) is 3.90. The van der Waals surface area contributed by atoms with Gasteiger partial charge in [0.05, 0.1) is 12.1 Å². The van der Waals surface area contributed by atoms with Gasteiger partial charge in [-0.2, -0.15) is 0 Å². The van der Waals surface area contributed by atoms with Crippen LogP contribution >= 0.6 is 11.6 Å². The molecule has 0 spiro atoms. The van der Waals surface area contributed by atoms with Crippen molar-refractivity contribution in [2.45, 2.75) is 31.2 Å². The van der Waals surface area contributed by atoms with E-state index in [9.17, 15) is 4.39 Å². The molecule has 1 atom stereocenters.